The molecular weight excluding hydrogens is 406 g/mol. The van der Waals surface area contributed by atoms with E-state index in [-0.39, 0.29) is 16.8 Å². The van der Waals surface area contributed by atoms with Gasteiger partial charge in [-0.25, -0.2) is 4.79 Å². The van der Waals surface area contributed by atoms with E-state index in [9.17, 15) is 9.59 Å². The fraction of sp³-hybridized carbons (Fsp3) is 0.364. The van der Waals surface area contributed by atoms with Crippen molar-refractivity contribution in [3.63, 3.8) is 0 Å². The number of para-hydroxylation sites is 1. The summed E-state index contributed by atoms with van der Waals surface area (Å²) in [6.45, 7) is 3.94. The van der Waals surface area contributed by atoms with E-state index in [0.717, 1.165) is 29.8 Å². The number of hydrogen-bond acceptors (Lipinski definition) is 3. The lowest BCUT2D eigenvalue weighted by Gasteiger charge is -2.44. The van der Waals surface area contributed by atoms with Crippen LogP contribution in [0.15, 0.2) is 48.5 Å². The number of carbonyl (C=O) groups excluding carboxylic acids is 2. The summed E-state index contributed by atoms with van der Waals surface area (Å²) in [5.41, 5.74) is 2.43. The first-order valence-electron chi connectivity index (χ1n) is 9.82. The molecule has 2 fully saturated rings. The van der Waals surface area contributed by atoms with Crippen LogP contribution in [0.5, 0.6) is 0 Å². The number of halogens is 1. The number of anilines is 1. The van der Waals surface area contributed by atoms with Crippen molar-refractivity contribution in [1.82, 2.24) is 9.80 Å². The molecule has 2 heterocycles. The van der Waals surface area contributed by atoms with Crippen LogP contribution >= 0.6 is 23.4 Å². The summed E-state index contributed by atoms with van der Waals surface area (Å²) in [6.07, 6.45) is 1.52. The second kappa shape index (κ2) is 8.28. The molecule has 2 aromatic carbocycles. The summed E-state index contributed by atoms with van der Waals surface area (Å²) < 4.78 is 0. The number of aryl methyl sites for hydroxylation is 1. The zero-order chi connectivity index (χ0) is 20.4. The second-order valence-electron chi connectivity index (χ2n) is 7.46. The van der Waals surface area contributed by atoms with Gasteiger partial charge in [-0.15, -0.1) is 11.8 Å². The highest BCUT2D eigenvalue weighted by molar-refractivity contribution is 8.00. The van der Waals surface area contributed by atoms with Crippen molar-refractivity contribution >= 4 is 41.0 Å². The number of nitrogens with zero attached hydrogens (tertiary/aromatic N) is 2. The first-order chi connectivity index (χ1) is 14.0. The monoisotopic (exact) mass is 429 g/mol. The van der Waals surface area contributed by atoms with Gasteiger partial charge in [-0.1, -0.05) is 41.9 Å². The minimum atomic E-state index is -0.254. The number of urea groups is 1. The maximum atomic E-state index is 13.2. The third-order valence-corrected chi connectivity index (χ3v) is 7.63. The van der Waals surface area contributed by atoms with Gasteiger partial charge in [0.1, 0.15) is 0 Å². The van der Waals surface area contributed by atoms with Crippen LogP contribution in [0.2, 0.25) is 5.02 Å². The fourth-order valence-corrected chi connectivity index (χ4v) is 5.73. The predicted molar refractivity (Wildman–Crippen MR) is 119 cm³/mol. The Bertz CT molecular complexity index is 928. The molecule has 2 aliphatic rings. The number of amides is 3. The Morgan fingerprint density at radius 1 is 1.03 bits per heavy atom. The largest absolute Gasteiger partial charge is 0.324 e. The number of hydrogen-bond donors (Lipinski definition) is 1. The number of benzene rings is 2. The smallest absolute Gasteiger partial charge is 0.321 e. The normalized spacial score (nSPS) is 18.1. The fourth-order valence-electron chi connectivity index (χ4n) is 4.06. The van der Waals surface area contributed by atoms with Gasteiger partial charge in [-0.05, 0) is 43.5 Å². The van der Waals surface area contributed by atoms with Crippen LogP contribution in [0.4, 0.5) is 10.5 Å². The summed E-state index contributed by atoms with van der Waals surface area (Å²) in [5, 5.41) is 3.49. The Balaban J connectivity index is 1.43. The van der Waals surface area contributed by atoms with Gasteiger partial charge < -0.3 is 15.1 Å². The Kier molecular flexibility index (Phi) is 5.74. The summed E-state index contributed by atoms with van der Waals surface area (Å²) >= 11 is 8.09. The number of piperidine rings is 1. The zero-order valence-electron chi connectivity index (χ0n) is 16.4. The van der Waals surface area contributed by atoms with Crippen LogP contribution in [0.25, 0.3) is 0 Å². The van der Waals surface area contributed by atoms with E-state index in [0.29, 0.717) is 30.2 Å². The quantitative estimate of drug-likeness (QED) is 0.741. The van der Waals surface area contributed by atoms with Gasteiger partial charge in [-0.2, -0.15) is 0 Å². The third kappa shape index (κ3) is 3.96. The Morgan fingerprint density at radius 3 is 2.45 bits per heavy atom. The molecule has 0 atom stereocenters. The lowest BCUT2D eigenvalue weighted by atomic mass is 10.0. The van der Waals surface area contributed by atoms with Crippen molar-refractivity contribution in [2.75, 3.05) is 30.7 Å². The van der Waals surface area contributed by atoms with Crippen molar-refractivity contribution in [2.24, 2.45) is 0 Å². The first kappa shape index (κ1) is 20.1. The van der Waals surface area contributed by atoms with Crippen molar-refractivity contribution in [2.45, 2.75) is 24.6 Å². The zero-order valence-corrected chi connectivity index (χ0v) is 17.9. The van der Waals surface area contributed by atoms with Gasteiger partial charge in [0.05, 0.1) is 15.5 Å². The highest BCUT2D eigenvalue weighted by atomic mass is 35.5. The number of likely N-dealkylation sites (tertiary alicyclic amines) is 1. The van der Waals surface area contributed by atoms with Gasteiger partial charge in [0.2, 0.25) is 0 Å². The maximum Gasteiger partial charge on any atom is 0.321 e. The van der Waals surface area contributed by atoms with Crippen LogP contribution < -0.4 is 5.32 Å². The van der Waals surface area contributed by atoms with Crippen LogP contribution in [-0.2, 0) is 0 Å². The molecule has 0 aliphatic carbocycles. The summed E-state index contributed by atoms with van der Waals surface area (Å²) in [5.74, 6) is 0.893. The van der Waals surface area contributed by atoms with Gasteiger partial charge >= 0.3 is 6.03 Å². The molecule has 3 amide bonds. The summed E-state index contributed by atoms with van der Waals surface area (Å²) in [7, 11) is 0. The van der Waals surface area contributed by atoms with E-state index in [2.05, 4.69) is 5.32 Å². The molecule has 2 aliphatic heterocycles. The lowest BCUT2D eigenvalue weighted by Crippen LogP contribution is -2.54. The van der Waals surface area contributed by atoms with Crippen LogP contribution in [0, 0.1) is 6.92 Å². The van der Waals surface area contributed by atoms with Crippen LogP contribution in [0.3, 0.4) is 0 Å². The van der Waals surface area contributed by atoms with Crippen molar-refractivity contribution in [3.8, 4) is 0 Å². The molecule has 0 aromatic heterocycles. The number of carbonyl (C=O) groups is 2. The number of nitrogens with one attached hydrogen (secondary N) is 1. The minimum Gasteiger partial charge on any atom is -0.324 e. The molecule has 0 saturated carbocycles. The van der Waals surface area contributed by atoms with Crippen LogP contribution in [-0.4, -0.2) is 52.0 Å². The summed E-state index contributed by atoms with van der Waals surface area (Å²) in [4.78, 5) is 29.4. The number of thioether (sulfide) groups is 1. The van der Waals surface area contributed by atoms with Crippen molar-refractivity contribution in [3.05, 3.63) is 64.7 Å². The maximum absolute atomic E-state index is 13.2. The van der Waals surface area contributed by atoms with E-state index in [4.69, 9.17) is 11.6 Å². The van der Waals surface area contributed by atoms with E-state index >= 15 is 0 Å². The van der Waals surface area contributed by atoms with E-state index in [1.54, 1.807) is 12.1 Å². The van der Waals surface area contributed by atoms with Gasteiger partial charge in [-0.3, -0.25) is 4.79 Å². The molecule has 0 radical (unpaired) electrons. The highest BCUT2D eigenvalue weighted by Gasteiger charge is 2.47. The molecule has 0 unspecified atom stereocenters. The first-order valence-corrected chi connectivity index (χ1v) is 11.2. The Labute approximate surface area is 180 Å². The Morgan fingerprint density at radius 2 is 1.72 bits per heavy atom. The molecular formula is C22H24ClN3O2S. The average molecular weight is 430 g/mol. The van der Waals surface area contributed by atoms with Gasteiger partial charge in [0.15, 0.2) is 0 Å². The lowest BCUT2D eigenvalue weighted by molar-refractivity contribution is 0.0586. The molecule has 2 saturated heterocycles. The van der Waals surface area contributed by atoms with Crippen molar-refractivity contribution in [1.29, 1.82) is 0 Å². The Hall–Kier alpha value is -2.18. The molecule has 29 heavy (non-hydrogen) atoms. The molecule has 5 nitrogen and oxygen atoms in total. The van der Waals surface area contributed by atoms with Crippen LogP contribution in [0.1, 0.15) is 28.8 Å². The predicted octanol–water partition coefficient (Wildman–Crippen LogP) is 4.86. The second-order valence-corrected chi connectivity index (χ2v) is 9.33. The molecule has 0 bridgehead atoms. The molecule has 2 aromatic rings. The number of rotatable bonds is 2. The molecule has 1 N–H and O–H groups in total. The molecule has 4 rings (SSSR count). The van der Waals surface area contributed by atoms with E-state index < -0.39 is 0 Å². The minimum absolute atomic E-state index is 0.0154. The molecule has 152 valence electrons. The average Bonchev–Trinajstić information content (AvgIpc) is 3.13. The van der Waals surface area contributed by atoms with Gasteiger partial charge in [0, 0.05) is 31.1 Å². The van der Waals surface area contributed by atoms with Crippen molar-refractivity contribution < 1.29 is 9.59 Å². The topological polar surface area (TPSA) is 52.7 Å². The SMILES string of the molecule is Cc1ccccc1NC(=O)N1CCC2(CC1)SCCN2C(=O)c1ccccc1Cl. The molecule has 1 spiro atoms. The van der Waals surface area contributed by atoms with E-state index in [1.165, 1.54) is 0 Å². The van der Waals surface area contributed by atoms with Gasteiger partial charge in [0.25, 0.3) is 5.91 Å². The standard InChI is InChI=1S/C22H24ClN3O2S/c1-16-6-2-5-9-19(16)24-21(28)25-12-10-22(11-13-25)26(14-15-29-22)20(27)17-7-3-4-8-18(17)23/h2-9H,10-15H2,1H3,(H,24,28). The highest BCUT2D eigenvalue weighted by Crippen LogP contribution is 2.45. The summed E-state index contributed by atoms with van der Waals surface area (Å²) in [6, 6.07) is 14.9. The van der Waals surface area contributed by atoms with E-state index in [1.807, 2.05) is 64.9 Å². The third-order valence-electron chi connectivity index (χ3n) is 5.75. The molecule has 7 heteroatoms.